The van der Waals surface area contributed by atoms with Crippen LogP contribution in [0.3, 0.4) is 0 Å². The highest BCUT2D eigenvalue weighted by Crippen LogP contribution is 2.41. The molecule has 1 unspecified atom stereocenters. The minimum atomic E-state index is -4.49. The maximum atomic E-state index is 14.4. The van der Waals surface area contributed by atoms with E-state index in [-0.39, 0.29) is 11.6 Å². The van der Waals surface area contributed by atoms with Crippen LogP contribution in [0.15, 0.2) is 57.1 Å². The Hall–Kier alpha value is -2.51. The first kappa shape index (κ1) is 30.9. The quantitative estimate of drug-likeness (QED) is 0.323. The van der Waals surface area contributed by atoms with Crippen molar-refractivity contribution < 1.29 is 17.9 Å². The van der Waals surface area contributed by atoms with Gasteiger partial charge in [0.25, 0.3) is 0 Å². The van der Waals surface area contributed by atoms with E-state index in [1.54, 1.807) is 0 Å². The standard InChI is InChI=1S/C35H46F3N3O/c1-5-7-29(27-8-6-9-32-34(40-22-39-32)31(21-27)35(36,37)38)33(23(2)3)30-20-26(11-10-24(30)4)25-12-16-41(17-13-25)28-14-18-42-19-15-28/h8,10-11,20-23,25,28,32H,5-7,9,12-19H2,1-4H3/b27-8?,31-21?,33-29+. The molecular formula is C35H46F3N3O. The minimum Gasteiger partial charge on any atom is -0.381 e. The fraction of sp³-hybridized carbons (Fsp3) is 0.600. The Morgan fingerprint density at radius 2 is 1.81 bits per heavy atom. The van der Waals surface area contributed by atoms with Gasteiger partial charge < -0.3 is 9.64 Å². The van der Waals surface area contributed by atoms with Crippen LogP contribution in [0.5, 0.6) is 0 Å². The number of fused-ring (bicyclic) bond motifs is 1. The second kappa shape index (κ2) is 13.4. The molecule has 1 aromatic carbocycles. The van der Waals surface area contributed by atoms with E-state index < -0.39 is 17.8 Å². The minimum absolute atomic E-state index is 0.0559. The molecule has 0 bridgehead atoms. The van der Waals surface area contributed by atoms with Crippen LogP contribution < -0.4 is 0 Å². The normalized spacial score (nSPS) is 23.6. The maximum Gasteiger partial charge on any atom is 0.418 e. The fourth-order valence-corrected chi connectivity index (χ4v) is 7.25. The lowest BCUT2D eigenvalue weighted by Crippen LogP contribution is -2.43. The summed E-state index contributed by atoms with van der Waals surface area (Å²) in [6.07, 6.45) is 7.47. The number of ether oxygens (including phenoxy) is 1. The van der Waals surface area contributed by atoms with Gasteiger partial charge in [-0.3, -0.25) is 4.99 Å². The Morgan fingerprint density at radius 3 is 2.48 bits per heavy atom. The smallest absolute Gasteiger partial charge is 0.381 e. The second-order valence-electron chi connectivity index (χ2n) is 12.6. The second-order valence-corrected chi connectivity index (χ2v) is 12.6. The largest absolute Gasteiger partial charge is 0.418 e. The third-order valence-corrected chi connectivity index (χ3v) is 9.46. The van der Waals surface area contributed by atoms with E-state index in [0.717, 1.165) is 70.4 Å². The highest BCUT2D eigenvalue weighted by Gasteiger charge is 2.41. The molecule has 0 saturated carbocycles. The molecule has 0 amide bonds. The van der Waals surface area contributed by atoms with E-state index >= 15 is 0 Å². The average Bonchev–Trinajstić information content (AvgIpc) is 3.40. The number of alkyl halides is 3. The van der Waals surface area contributed by atoms with Crippen molar-refractivity contribution in [2.45, 2.75) is 103 Å². The van der Waals surface area contributed by atoms with E-state index in [9.17, 15) is 13.2 Å². The lowest BCUT2D eigenvalue weighted by molar-refractivity contribution is -0.0863. The van der Waals surface area contributed by atoms with Crippen LogP contribution in [0.4, 0.5) is 13.2 Å². The van der Waals surface area contributed by atoms with Gasteiger partial charge in [0.1, 0.15) is 6.34 Å². The molecule has 2 saturated heterocycles. The molecule has 4 aliphatic rings. The molecule has 0 radical (unpaired) electrons. The van der Waals surface area contributed by atoms with Crippen molar-refractivity contribution in [1.82, 2.24) is 4.90 Å². The summed E-state index contributed by atoms with van der Waals surface area (Å²) in [6, 6.07) is 6.98. The number of piperidine rings is 1. The summed E-state index contributed by atoms with van der Waals surface area (Å²) in [6.45, 7) is 12.5. The molecule has 3 aliphatic heterocycles. The Balaban J connectivity index is 1.51. The van der Waals surface area contributed by atoms with Crippen LogP contribution in [-0.4, -0.2) is 61.5 Å². The Morgan fingerprint density at radius 1 is 1.07 bits per heavy atom. The van der Waals surface area contributed by atoms with E-state index in [1.165, 1.54) is 34.7 Å². The third kappa shape index (κ3) is 6.83. The predicted octanol–water partition coefficient (Wildman–Crippen LogP) is 8.62. The molecule has 0 aromatic heterocycles. The van der Waals surface area contributed by atoms with Gasteiger partial charge in [0.05, 0.1) is 17.3 Å². The van der Waals surface area contributed by atoms with E-state index in [0.29, 0.717) is 30.4 Å². The van der Waals surface area contributed by atoms with Crippen molar-refractivity contribution in [3.63, 3.8) is 0 Å². The monoisotopic (exact) mass is 581 g/mol. The number of benzene rings is 1. The summed E-state index contributed by atoms with van der Waals surface area (Å²) in [5, 5.41) is 0. The summed E-state index contributed by atoms with van der Waals surface area (Å²) >= 11 is 0. The summed E-state index contributed by atoms with van der Waals surface area (Å²) in [5.74, 6) is 0.656. The first-order valence-corrected chi connectivity index (χ1v) is 15.9. The van der Waals surface area contributed by atoms with Gasteiger partial charge in [-0.05, 0) is 116 Å². The van der Waals surface area contributed by atoms with Crippen molar-refractivity contribution in [1.29, 1.82) is 0 Å². The number of aliphatic imine (C=N–C) groups is 2. The first-order valence-electron chi connectivity index (χ1n) is 15.9. The molecule has 1 aliphatic carbocycles. The van der Waals surface area contributed by atoms with Crippen molar-refractivity contribution in [2.75, 3.05) is 26.3 Å². The molecule has 2 fully saturated rings. The Kier molecular flexibility index (Phi) is 9.88. The zero-order valence-corrected chi connectivity index (χ0v) is 25.6. The highest BCUT2D eigenvalue weighted by molar-refractivity contribution is 6.11. The van der Waals surface area contributed by atoms with Gasteiger partial charge in [-0.1, -0.05) is 51.5 Å². The predicted molar refractivity (Wildman–Crippen MR) is 166 cm³/mol. The number of halogens is 3. The van der Waals surface area contributed by atoms with Crippen molar-refractivity contribution in [3.8, 4) is 0 Å². The van der Waals surface area contributed by atoms with Gasteiger partial charge in [-0.2, -0.15) is 13.2 Å². The summed E-state index contributed by atoms with van der Waals surface area (Å²) in [4.78, 5) is 11.0. The Labute approximate surface area is 249 Å². The SMILES string of the molecule is CCC/C(C1=CCCC2N=CN=C2C(C(F)(F)F)=C1)=C(\c1cc(C2CCN(C3CCOCC3)CC2)ccc1C)C(C)C. The topological polar surface area (TPSA) is 37.2 Å². The van der Waals surface area contributed by atoms with Gasteiger partial charge >= 0.3 is 6.18 Å². The van der Waals surface area contributed by atoms with Crippen molar-refractivity contribution >= 4 is 17.6 Å². The van der Waals surface area contributed by atoms with Crippen LogP contribution in [0.25, 0.3) is 5.57 Å². The Bertz CT molecular complexity index is 1270. The van der Waals surface area contributed by atoms with Crippen LogP contribution in [0.2, 0.25) is 0 Å². The molecule has 228 valence electrons. The lowest BCUT2D eigenvalue weighted by Gasteiger charge is -2.39. The number of nitrogens with zero attached hydrogens (tertiary/aromatic N) is 3. The molecule has 0 spiro atoms. The summed E-state index contributed by atoms with van der Waals surface area (Å²) in [7, 11) is 0. The summed E-state index contributed by atoms with van der Waals surface area (Å²) in [5.41, 5.74) is 6.00. The number of rotatable bonds is 7. The molecule has 1 atom stereocenters. The number of likely N-dealkylation sites (tertiary alicyclic amines) is 1. The number of hydrogen-bond acceptors (Lipinski definition) is 4. The van der Waals surface area contributed by atoms with Crippen LogP contribution in [0, 0.1) is 12.8 Å². The van der Waals surface area contributed by atoms with Gasteiger partial charge in [0.2, 0.25) is 0 Å². The van der Waals surface area contributed by atoms with Crippen molar-refractivity contribution in [3.05, 3.63) is 63.8 Å². The fourth-order valence-electron chi connectivity index (χ4n) is 7.25. The molecule has 3 heterocycles. The zero-order valence-electron chi connectivity index (χ0n) is 25.6. The number of aryl methyl sites for hydroxylation is 1. The van der Waals surface area contributed by atoms with Gasteiger partial charge in [-0.15, -0.1) is 0 Å². The van der Waals surface area contributed by atoms with E-state index in [2.05, 4.69) is 60.8 Å². The van der Waals surface area contributed by atoms with E-state index in [1.807, 2.05) is 6.08 Å². The molecule has 5 rings (SSSR count). The van der Waals surface area contributed by atoms with Gasteiger partial charge in [-0.25, -0.2) is 4.99 Å². The first-order chi connectivity index (χ1) is 20.2. The molecule has 0 N–H and O–H groups in total. The molecular weight excluding hydrogens is 535 g/mol. The third-order valence-electron chi connectivity index (χ3n) is 9.46. The van der Waals surface area contributed by atoms with Gasteiger partial charge in [0, 0.05) is 19.3 Å². The van der Waals surface area contributed by atoms with Crippen LogP contribution in [0.1, 0.15) is 94.7 Å². The average molecular weight is 582 g/mol. The molecule has 4 nitrogen and oxygen atoms in total. The summed E-state index contributed by atoms with van der Waals surface area (Å²) < 4.78 is 48.8. The molecule has 7 heteroatoms. The number of hydrogen-bond donors (Lipinski definition) is 0. The molecule has 1 aromatic rings. The lowest BCUT2D eigenvalue weighted by atomic mass is 9.79. The van der Waals surface area contributed by atoms with E-state index in [4.69, 9.17) is 4.74 Å². The van der Waals surface area contributed by atoms with Crippen LogP contribution in [-0.2, 0) is 4.74 Å². The van der Waals surface area contributed by atoms with Crippen LogP contribution >= 0.6 is 0 Å². The molecule has 42 heavy (non-hydrogen) atoms. The zero-order chi connectivity index (χ0) is 29.9. The maximum absolute atomic E-state index is 14.4. The highest BCUT2D eigenvalue weighted by atomic mass is 19.4. The van der Waals surface area contributed by atoms with Crippen molar-refractivity contribution in [2.24, 2.45) is 15.9 Å². The number of allylic oxidation sites excluding steroid dienone is 5. The van der Waals surface area contributed by atoms with Gasteiger partial charge in [0.15, 0.2) is 0 Å².